The molecule has 0 amide bonds. The van der Waals surface area contributed by atoms with Crippen molar-refractivity contribution < 1.29 is 17.9 Å². The molecule has 0 aromatic heterocycles. The van der Waals surface area contributed by atoms with Crippen LogP contribution in [0.3, 0.4) is 0 Å². The molecular formula is C22H30N4O4S. The molecule has 0 saturated carbocycles. The Morgan fingerprint density at radius 1 is 1.00 bits per heavy atom. The Labute approximate surface area is 184 Å². The van der Waals surface area contributed by atoms with Gasteiger partial charge in [0.15, 0.2) is 5.96 Å². The van der Waals surface area contributed by atoms with E-state index in [1.165, 1.54) is 4.31 Å². The van der Waals surface area contributed by atoms with Crippen molar-refractivity contribution >= 4 is 16.0 Å². The second-order valence-electron chi connectivity index (χ2n) is 7.13. The van der Waals surface area contributed by atoms with Crippen LogP contribution >= 0.6 is 0 Å². The number of sulfonamides is 1. The minimum absolute atomic E-state index is 0.0297. The molecule has 1 aliphatic rings. The molecule has 168 valence electrons. The maximum atomic E-state index is 12.8. The van der Waals surface area contributed by atoms with E-state index in [0.29, 0.717) is 45.4 Å². The van der Waals surface area contributed by atoms with Gasteiger partial charge in [0.05, 0.1) is 26.1 Å². The first kappa shape index (κ1) is 23.1. The van der Waals surface area contributed by atoms with Gasteiger partial charge in [0.2, 0.25) is 10.0 Å². The van der Waals surface area contributed by atoms with Gasteiger partial charge in [-0.05, 0) is 17.2 Å². The smallest absolute Gasteiger partial charge is 0.218 e. The molecule has 2 N–H and O–H groups in total. The first-order chi connectivity index (χ1) is 15.0. The first-order valence-corrected chi connectivity index (χ1v) is 11.8. The van der Waals surface area contributed by atoms with Crippen LogP contribution in [0.2, 0.25) is 0 Å². The second kappa shape index (κ2) is 11.1. The van der Waals surface area contributed by atoms with E-state index in [0.717, 1.165) is 22.4 Å². The van der Waals surface area contributed by atoms with E-state index in [9.17, 15) is 8.42 Å². The first-order valence-electron chi connectivity index (χ1n) is 10.2. The largest absolute Gasteiger partial charge is 0.496 e. The number of guanidine groups is 1. The molecule has 8 nitrogen and oxygen atoms in total. The minimum Gasteiger partial charge on any atom is -0.496 e. The number of aliphatic imine (C=N–C) groups is 1. The maximum Gasteiger partial charge on any atom is 0.218 e. The standard InChI is InChI=1S/C22H30N4O4S/c1-23-22(25-16-19-8-5-6-10-21(19)29-2)24-15-18-7-3-4-9-20(18)17-31(27,28)26-11-13-30-14-12-26/h3-10H,11-17H2,1-2H3,(H2,23,24,25). The molecule has 1 saturated heterocycles. The van der Waals surface area contributed by atoms with Gasteiger partial charge in [0, 0.05) is 38.8 Å². The van der Waals surface area contributed by atoms with Crippen molar-refractivity contribution in [3.8, 4) is 5.75 Å². The Balaban J connectivity index is 1.62. The van der Waals surface area contributed by atoms with Crippen molar-refractivity contribution in [3.05, 3.63) is 65.2 Å². The van der Waals surface area contributed by atoms with Crippen molar-refractivity contribution in [1.82, 2.24) is 14.9 Å². The summed E-state index contributed by atoms with van der Waals surface area (Å²) in [5.74, 6) is 1.40. The lowest BCUT2D eigenvalue weighted by Crippen LogP contribution is -2.41. The summed E-state index contributed by atoms with van der Waals surface area (Å²) in [6.45, 7) is 2.70. The summed E-state index contributed by atoms with van der Waals surface area (Å²) in [6.07, 6.45) is 0. The predicted octanol–water partition coefficient (Wildman–Crippen LogP) is 1.72. The lowest BCUT2D eigenvalue weighted by Gasteiger charge is -2.26. The van der Waals surface area contributed by atoms with Gasteiger partial charge in [-0.3, -0.25) is 4.99 Å². The SMILES string of the molecule is CN=C(NCc1ccccc1CS(=O)(=O)N1CCOCC1)NCc1ccccc1OC. The van der Waals surface area contributed by atoms with E-state index in [2.05, 4.69) is 15.6 Å². The fourth-order valence-corrected chi connectivity index (χ4v) is 4.97. The van der Waals surface area contributed by atoms with Crippen LogP contribution in [0.1, 0.15) is 16.7 Å². The van der Waals surface area contributed by atoms with Crippen molar-refractivity contribution in [3.63, 3.8) is 0 Å². The summed E-state index contributed by atoms with van der Waals surface area (Å²) in [6, 6.07) is 15.4. The van der Waals surface area contributed by atoms with Gasteiger partial charge < -0.3 is 20.1 Å². The molecule has 0 radical (unpaired) electrons. The minimum atomic E-state index is -3.39. The lowest BCUT2D eigenvalue weighted by molar-refractivity contribution is 0.0729. The normalized spacial score (nSPS) is 15.5. The number of ether oxygens (including phenoxy) is 2. The van der Waals surface area contributed by atoms with Crippen molar-refractivity contribution in [2.45, 2.75) is 18.8 Å². The van der Waals surface area contributed by atoms with Gasteiger partial charge in [-0.25, -0.2) is 8.42 Å². The van der Waals surface area contributed by atoms with Gasteiger partial charge in [-0.15, -0.1) is 0 Å². The Kier molecular flexibility index (Phi) is 8.27. The predicted molar refractivity (Wildman–Crippen MR) is 121 cm³/mol. The zero-order chi connectivity index (χ0) is 22.1. The monoisotopic (exact) mass is 446 g/mol. The molecule has 0 atom stereocenters. The highest BCUT2D eigenvalue weighted by molar-refractivity contribution is 7.88. The summed E-state index contributed by atoms with van der Waals surface area (Å²) in [4.78, 5) is 4.26. The van der Waals surface area contributed by atoms with Gasteiger partial charge in [0.1, 0.15) is 5.75 Å². The Morgan fingerprint density at radius 3 is 2.23 bits per heavy atom. The van der Waals surface area contributed by atoms with Crippen LogP contribution in [0, 0.1) is 0 Å². The van der Waals surface area contributed by atoms with E-state index < -0.39 is 10.0 Å². The third-order valence-electron chi connectivity index (χ3n) is 5.13. The van der Waals surface area contributed by atoms with Crippen LogP contribution in [-0.4, -0.2) is 59.1 Å². The highest BCUT2D eigenvalue weighted by Crippen LogP contribution is 2.18. The maximum absolute atomic E-state index is 12.8. The molecule has 0 spiro atoms. The lowest BCUT2D eigenvalue weighted by atomic mass is 10.1. The van der Waals surface area contributed by atoms with E-state index in [-0.39, 0.29) is 5.75 Å². The molecule has 0 unspecified atom stereocenters. The average Bonchev–Trinajstić information content (AvgIpc) is 2.80. The molecule has 1 heterocycles. The van der Waals surface area contributed by atoms with Gasteiger partial charge in [-0.2, -0.15) is 4.31 Å². The van der Waals surface area contributed by atoms with E-state index in [1.54, 1.807) is 14.2 Å². The molecular weight excluding hydrogens is 416 g/mol. The fourth-order valence-electron chi connectivity index (χ4n) is 3.41. The number of methoxy groups -OCH3 is 1. The van der Waals surface area contributed by atoms with Gasteiger partial charge in [0.25, 0.3) is 0 Å². The molecule has 1 fully saturated rings. The van der Waals surface area contributed by atoms with Gasteiger partial charge in [-0.1, -0.05) is 42.5 Å². The third kappa shape index (κ3) is 6.43. The summed E-state index contributed by atoms with van der Waals surface area (Å²) in [5.41, 5.74) is 2.71. The zero-order valence-corrected chi connectivity index (χ0v) is 18.8. The molecule has 0 aliphatic carbocycles. The van der Waals surface area contributed by atoms with Crippen LogP contribution in [-0.2, 0) is 33.6 Å². The van der Waals surface area contributed by atoms with Crippen molar-refractivity contribution in [2.24, 2.45) is 4.99 Å². The number of hydrogen-bond donors (Lipinski definition) is 2. The van der Waals surface area contributed by atoms with E-state index in [4.69, 9.17) is 9.47 Å². The van der Waals surface area contributed by atoms with Crippen LogP contribution in [0.4, 0.5) is 0 Å². The third-order valence-corrected chi connectivity index (χ3v) is 6.96. The number of rotatable bonds is 8. The second-order valence-corrected chi connectivity index (χ2v) is 9.10. The molecule has 31 heavy (non-hydrogen) atoms. The summed E-state index contributed by atoms with van der Waals surface area (Å²) in [7, 11) is -0.0438. The number of benzene rings is 2. The Morgan fingerprint density at radius 2 is 1.58 bits per heavy atom. The highest BCUT2D eigenvalue weighted by atomic mass is 32.2. The Hall–Kier alpha value is -2.62. The topological polar surface area (TPSA) is 92.3 Å². The molecule has 2 aromatic rings. The zero-order valence-electron chi connectivity index (χ0n) is 18.0. The quantitative estimate of drug-likeness (QED) is 0.474. The fraction of sp³-hybridized carbons (Fsp3) is 0.409. The van der Waals surface area contributed by atoms with Crippen LogP contribution in [0.25, 0.3) is 0 Å². The van der Waals surface area contributed by atoms with Gasteiger partial charge >= 0.3 is 0 Å². The highest BCUT2D eigenvalue weighted by Gasteiger charge is 2.25. The van der Waals surface area contributed by atoms with E-state index >= 15 is 0 Å². The van der Waals surface area contributed by atoms with Crippen molar-refractivity contribution in [1.29, 1.82) is 0 Å². The average molecular weight is 447 g/mol. The van der Waals surface area contributed by atoms with Crippen LogP contribution < -0.4 is 15.4 Å². The van der Waals surface area contributed by atoms with Crippen LogP contribution in [0.5, 0.6) is 5.75 Å². The molecule has 0 bridgehead atoms. The van der Waals surface area contributed by atoms with E-state index in [1.807, 2.05) is 48.5 Å². The number of nitrogens with one attached hydrogen (secondary N) is 2. The molecule has 3 rings (SSSR count). The summed E-state index contributed by atoms with van der Waals surface area (Å²) < 4.78 is 37.8. The Bertz CT molecular complexity index is 989. The number of nitrogens with zero attached hydrogens (tertiary/aromatic N) is 2. The summed E-state index contributed by atoms with van der Waals surface area (Å²) in [5, 5.41) is 6.54. The number of morpholine rings is 1. The van der Waals surface area contributed by atoms with Crippen LogP contribution in [0.15, 0.2) is 53.5 Å². The number of para-hydroxylation sites is 1. The summed E-state index contributed by atoms with van der Waals surface area (Å²) >= 11 is 0. The number of hydrogen-bond acceptors (Lipinski definition) is 5. The molecule has 1 aliphatic heterocycles. The molecule has 2 aromatic carbocycles. The molecule has 9 heteroatoms. The van der Waals surface area contributed by atoms with Crippen molar-refractivity contribution in [2.75, 3.05) is 40.5 Å².